The number of sulfone groups is 1. The number of hydrogen-bond acceptors (Lipinski definition) is 4. The van der Waals surface area contributed by atoms with Gasteiger partial charge in [0, 0.05) is 24.2 Å². The molecule has 24 heavy (non-hydrogen) atoms. The van der Waals surface area contributed by atoms with Crippen LogP contribution in [0.1, 0.15) is 45.0 Å². The van der Waals surface area contributed by atoms with Crippen molar-refractivity contribution in [2.75, 3.05) is 25.1 Å². The number of nitrogens with one attached hydrogen (secondary N) is 2. The molecule has 140 valence electrons. The Morgan fingerprint density at radius 2 is 2.08 bits per heavy atom. The van der Waals surface area contributed by atoms with Gasteiger partial charge in [-0.1, -0.05) is 19.9 Å². The first-order chi connectivity index (χ1) is 10.6. The number of nitrogens with zero attached hydrogens (tertiary/aromatic N) is 1. The van der Waals surface area contributed by atoms with E-state index in [4.69, 9.17) is 0 Å². The zero-order valence-corrected chi connectivity index (χ0v) is 19.1. The zero-order valence-electron chi connectivity index (χ0n) is 15.1. The highest BCUT2D eigenvalue weighted by atomic mass is 127. The molecule has 0 spiro atoms. The molecular weight excluding hydrogens is 457 g/mol. The molecule has 0 aliphatic heterocycles. The summed E-state index contributed by atoms with van der Waals surface area (Å²) in [7, 11) is -2.93. The van der Waals surface area contributed by atoms with Crippen LogP contribution in [-0.2, 0) is 9.84 Å². The van der Waals surface area contributed by atoms with Crippen LogP contribution in [0.2, 0.25) is 0 Å². The molecule has 0 saturated heterocycles. The third kappa shape index (κ3) is 9.83. The molecule has 2 N–H and O–H groups in total. The summed E-state index contributed by atoms with van der Waals surface area (Å²) in [6, 6.07) is 4.32. The van der Waals surface area contributed by atoms with Crippen LogP contribution in [0.4, 0.5) is 0 Å². The van der Waals surface area contributed by atoms with E-state index in [1.54, 1.807) is 11.3 Å². The van der Waals surface area contributed by atoms with Crippen LogP contribution in [0.15, 0.2) is 22.5 Å². The number of thiophene rings is 1. The maximum absolute atomic E-state index is 11.3. The number of halogens is 1. The van der Waals surface area contributed by atoms with Gasteiger partial charge in [0.25, 0.3) is 0 Å². The Morgan fingerprint density at radius 1 is 1.42 bits per heavy atom. The summed E-state index contributed by atoms with van der Waals surface area (Å²) in [5, 5.41) is 8.70. The van der Waals surface area contributed by atoms with Crippen molar-refractivity contribution in [2.45, 2.75) is 40.2 Å². The van der Waals surface area contributed by atoms with Gasteiger partial charge in [-0.3, -0.25) is 4.99 Å². The van der Waals surface area contributed by atoms with E-state index in [1.165, 1.54) is 11.1 Å². The van der Waals surface area contributed by atoms with Crippen molar-refractivity contribution in [1.29, 1.82) is 0 Å². The molecule has 1 unspecified atom stereocenters. The van der Waals surface area contributed by atoms with Crippen molar-refractivity contribution in [3.05, 3.63) is 22.4 Å². The number of hydrogen-bond donors (Lipinski definition) is 2. The lowest BCUT2D eigenvalue weighted by Gasteiger charge is -2.23. The van der Waals surface area contributed by atoms with Crippen molar-refractivity contribution in [2.24, 2.45) is 10.4 Å². The molecule has 1 aromatic rings. The summed E-state index contributed by atoms with van der Waals surface area (Å²) in [6.07, 6.45) is 1.88. The standard InChI is InChI=1S/C16H29N3O2S2.HI/c1-6-17-15(19-13(2)14-8-7-10-22-14)18-12-16(3,4)9-11-23(5,20)21;/h7-8,10,13H,6,9,11-12H2,1-5H3,(H2,17,18,19);1H. The van der Waals surface area contributed by atoms with E-state index in [-0.39, 0.29) is 41.2 Å². The van der Waals surface area contributed by atoms with Crippen LogP contribution >= 0.6 is 35.3 Å². The Kier molecular flexibility index (Phi) is 10.4. The van der Waals surface area contributed by atoms with Gasteiger partial charge >= 0.3 is 0 Å². The molecule has 0 aromatic carbocycles. The van der Waals surface area contributed by atoms with Crippen LogP contribution in [0.3, 0.4) is 0 Å². The van der Waals surface area contributed by atoms with Gasteiger partial charge in [0.15, 0.2) is 5.96 Å². The van der Waals surface area contributed by atoms with Crippen molar-refractivity contribution in [1.82, 2.24) is 10.6 Å². The zero-order chi connectivity index (χ0) is 17.5. The average Bonchev–Trinajstić information content (AvgIpc) is 2.97. The first-order valence-corrected chi connectivity index (χ1v) is 10.8. The molecule has 1 atom stereocenters. The van der Waals surface area contributed by atoms with E-state index < -0.39 is 9.84 Å². The first-order valence-electron chi connectivity index (χ1n) is 7.89. The summed E-state index contributed by atoms with van der Waals surface area (Å²) in [5.41, 5.74) is -0.155. The van der Waals surface area contributed by atoms with Crippen LogP contribution in [0.25, 0.3) is 0 Å². The smallest absolute Gasteiger partial charge is 0.191 e. The number of guanidine groups is 1. The molecule has 0 fully saturated rings. The second-order valence-corrected chi connectivity index (χ2v) is 9.86. The topological polar surface area (TPSA) is 70.6 Å². The molecular formula is C16H30IN3O2S2. The second-order valence-electron chi connectivity index (χ2n) is 6.62. The quantitative estimate of drug-likeness (QED) is 0.335. The third-order valence-electron chi connectivity index (χ3n) is 3.48. The van der Waals surface area contributed by atoms with Crippen LogP contribution in [0, 0.1) is 5.41 Å². The second kappa shape index (κ2) is 10.6. The monoisotopic (exact) mass is 487 g/mol. The Bertz CT molecular complexity index is 599. The highest BCUT2D eigenvalue weighted by molar-refractivity contribution is 14.0. The fraction of sp³-hybridized carbons (Fsp3) is 0.688. The fourth-order valence-corrected chi connectivity index (χ4v) is 3.63. The van der Waals surface area contributed by atoms with Crippen molar-refractivity contribution < 1.29 is 8.42 Å². The van der Waals surface area contributed by atoms with E-state index in [2.05, 4.69) is 34.0 Å². The Morgan fingerprint density at radius 3 is 2.58 bits per heavy atom. The molecule has 5 nitrogen and oxygen atoms in total. The lowest BCUT2D eigenvalue weighted by molar-refractivity contribution is 0.365. The minimum absolute atomic E-state index is 0. The summed E-state index contributed by atoms with van der Waals surface area (Å²) in [5.74, 6) is 0.964. The minimum Gasteiger partial charge on any atom is -0.357 e. The third-order valence-corrected chi connectivity index (χ3v) is 5.48. The molecule has 1 rings (SSSR count). The maximum Gasteiger partial charge on any atom is 0.191 e. The molecule has 8 heteroatoms. The largest absolute Gasteiger partial charge is 0.357 e. The van der Waals surface area contributed by atoms with Gasteiger partial charge in [0.2, 0.25) is 0 Å². The lowest BCUT2D eigenvalue weighted by Crippen LogP contribution is -2.39. The molecule has 0 aliphatic rings. The van der Waals surface area contributed by atoms with Crippen molar-refractivity contribution in [3.63, 3.8) is 0 Å². The summed E-state index contributed by atoms with van der Waals surface area (Å²) >= 11 is 1.71. The van der Waals surface area contributed by atoms with E-state index >= 15 is 0 Å². The first kappa shape index (κ1) is 23.6. The molecule has 0 saturated carbocycles. The van der Waals surface area contributed by atoms with Crippen LogP contribution in [0.5, 0.6) is 0 Å². The molecule has 0 aliphatic carbocycles. The van der Waals surface area contributed by atoms with E-state index in [9.17, 15) is 8.42 Å². The molecule has 0 amide bonds. The number of rotatable bonds is 8. The van der Waals surface area contributed by atoms with Gasteiger partial charge in [-0.15, -0.1) is 35.3 Å². The van der Waals surface area contributed by atoms with Crippen LogP contribution in [-0.4, -0.2) is 39.5 Å². The highest BCUT2D eigenvalue weighted by Crippen LogP contribution is 2.22. The molecule has 0 bridgehead atoms. The fourth-order valence-electron chi connectivity index (χ4n) is 1.97. The summed E-state index contributed by atoms with van der Waals surface area (Å²) in [4.78, 5) is 5.90. The Balaban J connectivity index is 0.00000529. The normalized spacial score (nSPS) is 14.0. The van der Waals surface area contributed by atoms with E-state index in [1.807, 2.05) is 26.8 Å². The molecule has 0 radical (unpaired) electrons. The summed E-state index contributed by atoms with van der Waals surface area (Å²) < 4.78 is 22.7. The Hall–Kier alpha value is -0.350. The molecule has 1 heterocycles. The predicted octanol–water partition coefficient (Wildman–Crippen LogP) is 3.44. The van der Waals surface area contributed by atoms with Gasteiger partial charge < -0.3 is 10.6 Å². The van der Waals surface area contributed by atoms with Gasteiger partial charge in [-0.2, -0.15) is 0 Å². The van der Waals surface area contributed by atoms with Gasteiger partial charge in [0.05, 0.1) is 11.8 Å². The predicted molar refractivity (Wildman–Crippen MR) is 115 cm³/mol. The lowest BCUT2D eigenvalue weighted by atomic mass is 9.90. The number of aliphatic imine (C=N–C) groups is 1. The van der Waals surface area contributed by atoms with Gasteiger partial charge in [-0.05, 0) is 37.1 Å². The van der Waals surface area contributed by atoms with Crippen LogP contribution < -0.4 is 10.6 Å². The van der Waals surface area contributed by atoms with Crippen molar-refractivity contribution >= 4 is 51.1 Å². The van der Waals surface area contributed by atoms with Gasteiger partial charge in [0.1, 0.15) is 9.84 Å². The summed E-state index contributed by atoms with van der Waals surface area (Å²) in [6.45, 7) is 9.60. The van der Waals surface area contributed by atoms with Gasteiger partial charge in [-0.25, -0.2) is 8.42 Å². The van der Waals surface area contributed by atoms with E-state index in [0.29, 0.717) is 13.0 Å². The minimum atomic E-state index is -2.93. The average molecular weight is 487 g/mol. The Labute approximate surface area is 167 Å². The SMILES string of the molecule is CCNC(=NCC(C)(C)CCS(C)(=O)=O)NC(C)c1cccs1.I. The van der Waals surface area contributed by atoms with E-state index in [0.717, 1.165) is 12.5 Å². The highest BCUT2D eigenvalue weighted by Gasteiger charge is 2.20. The maximum atomic E-state index is 11.3. The molecule has 1 aromatic heterocycles. The van der Waals surface area contributed by atoms with Crippen molar-refractivity contribution in [3.8, 4) is 0 Å².